The highest BCUT2D eigenvalue weighted by Gasteiger charge is 2.29. The van der Waals surface area contributed by atoms with Crippen LogP contribution in [-0.4, -0.2) is 31.6 Å². The van der Waals surface area contributed by atoms with Gasteiger partial charge in [-0.25, -0.2) is 0 Å². The molecule has 2 aromatic rings. The minimum absolute atomic E-state index is 0.0143. The summed E-state index contributed by atoms with van der Waals surface area (Å²) in [6, 6.07) is 4.02. The predicted molar refractivity (Wildman–Crippen MR) is 83.6 cm³/mol. The van der Waals surface area contributed by atoms with E-state index in [1.54, 1.807) is 11.3 Å². The lowest BCUT2D eigenvalue weighted by Gasteiger charge is -2.14. The van der Waals surface area contributed by atoms with Gasteiger partial charge in [0.05, 0.1) is 10.6 Å². The fourth-order valence-electron chi connectivity index (χ4n) is 2.38. The molecule has 1 unspecified atom stereocenters. The Bertz CT molecular complexity index is 620. The second-order valence-corrected chi connectivity index (χ2v) is 7.28. The van der Waals surface area contributed by atoms with Crippen molar-refractivity contribution >= 4 is 29.1 Å². The fraction of sp³-hybridized carbons (Fsp3) is 0.500. The Hall–Kier alpha value is -1.34. The lowest BCUT2D eigenvalue weighted by molar-refractivity contribution is -0.133. The highest BCUT2D eigenvalue weighted by molar-refractivity contribution is 7.99. The van der Waals surface area contributed by atoms with Gasteiger partial charge in [-0.15, -0.1) is 21.5 Å². The number of carboxylic acids is 1. The van der Waals surface area contributed by atoms with Crippen molar-refractivity contribution < 1.29 is 9.90 Å². The molecule has 2 heterocycles. The summed E-state index contributed by atoms with van der Waals surface area (Å²) in [6.07, 6.45) is 2.60. The molecule has 1 N–H and O–H groups in total. The summed E-state index contributed by atoms with van der Waals surface area (Å²) < 4.78 is 2.09. The first kappa shape index (κ1) is 14.6. The number of aliphatic carboxylic acids is 1. The van der Waals surface area contributed by atoms with Gasteiger partial charge in [0, 0.05) is 6.54 Å². The van der Waals surface area contributed by atoms with Crippen LogP contribution in [0.15, 0.2) is 22.7 Å². The smallest absolute Gasteiger partial charge is 0.313 e. The van der Waals surface area contributed by atoms with E-state index in [1.807, 2.05) is 17.5 Å². The standard InChI is InChI=1S/C14H17N3O2S2/c1-9(10-4-5-10)7-17-13(11-3-2-6-20-11)15-16-14(17)21-8-12(18)19/h2-3,6,9-10H,4-5,7-8H2,1H3,(H,18,19). The predicted octanol–water partition coefficient (Wildman–Crippen LogP) is 3.23. The molecule has 3 rings (SSSR count). The third-order valence-electron chi connectivity index (χ3n) is 3.68. The summed E-state index contributed by atoms with van der Waals surface area (Å²) in [6.45, 7) is 3.11. The van der Waals surface area contributed by atoms with Crippen molar-refractivity contribution in [3.05, 3.63) is 17.5 Å². The van der Waals surface area contributed by atoms with Crippen LogP contribution in [0.2, 0.25) is 0 Å². The molecule has 0 aliphatic heterocycles. The van der Waals surface area contributed by atoms with Gasteiger partial charge in [-0.2, -0.15) is 0 Å². The molecular formula is C14H17N3O2S2. The fourth-order valence-corrected chi connectivity index (χ4v) is 3.76. The van der Waals surface area contributed by atoms with Crippen LogP contribution in [0.4, 0.5) is 0 Å². The lowest BCUT2D eigenvalue weighted by atomic mass is 10.1. The van der Waals surface area contributed by atoms with Crippen LogP contribution >= 0.6 is 23.1 Å². The molecule has 0 spiro atoms. The lowest BCUT2D eigenvalue weighted by Crippen LogP contribution is -2.12. The van der Waals surface area contributed by atoms with Gasteiger partial charge in [0.25, 0.3) is 0 Å². The van der Waals surface area contributed by atoms with Crippen LogP contribution in [0.25, 0.3) is 10.7 Å². The first-order valence-electron chi connectivity index (χ1n) is 6.97. The minimum atomic E-state index is -0.831. The Labute approximate surface area is 131 Å². The zero-order valence-electron chi connectivity index (χ0n) is 11.7. The van der Waals surface area contributed by atoms with Crippen LogP contribution in [0, 0.1) is 11.8 Å². The van der Waals surface area contributed by atoms with E-state index in [0.29, 0.717) is 11.1 Å². The van der Waals surface area contributed by atoms with E-state index in [9.17, 15) is 4.79 Å². The molecule has 1 saturated carbocycles. The first-order valence-corrected chi connectivity index (χ1v) is 8.83. The van der Waals surface area contributed by atoms with Crippen molar-refractivity contribution in [2.75, 3.05) is 5.75 Å². The Kier molecular flexibility index (Phi) is 4.30. The summed E-state index contributed by atoms with van der Waals surface area (Å²) >= 11 is 2.87. The van der Waals surface area contributed by atoms with Crippen LogP contribution in [0.5, 0.6) is 0 Å². The number of carboxylic acid groups (broad SMARTS) is 1. The van der Waals surface area contributed by atoms with Gasteiger partial charge in [-0.1, -0.05) is 24.8 Å². The molecule has 1 fully saturated rings. The summed E-state index contributed by atoms with van der Waals surface area (Å²) in [5.41, 5.74) is 0. The van der Waals surface area contributed by atoms with E-state index in [4.69, 9.17) is 5.11 Å². The Morgan fingerprint density at radius 1 is 1.57 bits per heavy atom. The third kappa shape index (κ3) is 3.47. The first-order chi connectivity index (χ1) is 10.1. The van der Waals surface area contributed by atoms with Gasteiger partial charge in [-0.05, 0) is 36.1 Å². The van der Waals surface area contributed by atoms with E-state index in [0.717, 1.165) is 23.2 Å². The molecule has 21 heavy (non-hydrogen) atoms. The number of hydrogen-bond donors (Lipinski definition) is 1. The average molecular weight is 323 g/mol. The van der Waals surface area contributed by atoms with Crippen molar-refractivity contribution in [1.82, 2.24) is 14.8 Å². The zero-order valence-corrected chi connectivity index (χ0v) is 13.4. The number of hydrogen-bond acceptors (Lipinski definition) is 5. The Morgan fingerprint density at radius 3 is 3.00 bits per heavy atom. The van der Waals surface area contributed by atoms with E-state index in [-0.39, 0.29) is 5.75 Å². The normalized spacial score (nSPS) is 16.0. The molecule has 1 aliphatic carbocycles. The van der Waals surface area contributed by atoms with Gasteiger partial charge >= 0.3 is 5.97 Å². The Balaban J connectivity index is 1.86. The Morgan fingerprint density at radius 2 is 2.38 bits per heavy atom. The molecular weight excluding hydrogens is 306 g/mol. The second kappa shape index (κ2) is 6.19. The molecule has 5 nitrogen and oxygen atoms in total. The van der Waals surface area contributed by atoms with Gasteiger partial charge in [0.1, 0.15) is 0 Å². The van der Waals surface area contributed by atoms with E-state index >= 15 is 0 Å². The van der Waals surface area contributed by atoms with Crippen molar-refractivity contribution in [1.29, 1.82) is 0 Å². The number of carbonyl (C=O) groups is 1. The molecule has 112 valence electrons. The van der Waals surface area contributed by atoms with Crippen molar-refractivity contribution in [2.45, 2.75) is 31.5 Å². The summed E-state index contributed by atoms with van der Waals surface area (Å²) in [5, 5.41) is 20.1. The van der Waals surface area contributed by atoms with Gasteiger partial charge in [0.2, 0.25) is 0 Å². The molecule has 7 heteroatoms. The summed E-state index contributed by atoms with van der Waals surface area (Å²) in [7, 11) is 0. The number of thioether (sulfide) groups is 1. The molecule has 2 aromatic heterocycles. The van der Waals surface area contributed by atoms with Crippen LogP contribution in [0.3, 0.4) is 0 Å². The van der Waals surface area contributed by atoms with E-state index < -0.39 is 5.97 Å². The van der Waals surface area contributed by atoms with Gasteiger partial charge in [-0.3, -0.25) is 4.79 Å². The average Bonchev–Trinajstić information content (AvgIpc) is 3.02. The van der Waals surface area contributed by atoms with Crippen LogP contribution < -0.4 is 0 Å². The van der Waals surface area contributed by atoms with E-state index in [1.165, 1.54) is 24.6 Å². The zero-order chi connectivity index (χ0) is 14.8. The van der Waals surface area contributed by atoms with Gasteiger partial charge < -0.3 is 9.67 Å². The SMILES string of the molecule is CC(Cn1c(SCC(=O)O)nnc1-c1cccs1)C1CC1. The largest absolute Gasteiger partial charge is 0.481 e. The van der Waals surface area contributed by atoms with Crippen molar-refractivity contribution in [2.24, 2.45) is 11.8 Å². The quantitative estimate of drug-likeness (QED) is 0.792. The van der Waals surface area contributed by atoms with Crippen molar-refractivity contribution in [3.8, 4) is 10.7 Å². The molecule has 1 aliphatic rings. The number of aromatic nitrogens is 3. The van der Waals surface area contributed by atoms with Crippen molar-refractivity contribution in [3.63, 3.8) is 0 Å². The maximum Gasteiger partial charge on any atom is 0.313 e. The highest BCUT2D eigenvalue weighted by atomic mass is 32.2. The second-order valence-electron chi connectivity index (χ2n) is 5.39. The summed E-state index contributed by atoms with van der Waals surface area (Å²) in [4.78, 5) is 11.9. The summed E-state index contributed by atoms with van der Waals surface area (Å²) in [5.74, 6) is 1.40. The molecule has 0 amide bonds. The van der Waals surface area contributed by atoms with Crippen LogP contribution in [0.1, 0.15) is 19.8 Å². The number of rotatable bonds is 7. The maximum absolute atomic E-state index is 10.8. The molecule has 0 aromatic carbocycles. The third-order valence-corrected chi connectivity index (χ3v) is 5.50. The molecule has 0 saturated heterocycles. The molecule has 0 radical (unpaired) electrons. The highest BCUT2D eigenvalue weighted by Crippen LogP contribution is 2.38. The molecule has 0 bridgehead atoms. The molecule has 1 atom stereocenters. The topological polar surface area (TPSA) is 68.0 Å². The monoisotopic (exact) mass is 323 g/mol. The number of nitrogens with zero attached hydrogens (tertiary/aromatic N) is 3. The minimum Gasteiger partial charge on any atom is -0.481 e. The number of thiophene rings is 1. The van der Waals surface area contributed by atoms with E-state index in [2.05, 4.69) is 21.7 Å². The van der Waals surface area contributed by atoms with Crippen LogP contribution in [-0.2, 0) is 11.3 Å². The van der Waals surface area contributed by atoms with Gasteiger partial charge in [0.15, 0.2) is 11.0 Å². The maximum atomic E-state index is 10.8.